The summed E-state index contributed by atoms with van der Waals surface area (Å²) in [5.41, 5.74) is 1.64. The monoisotopic (exact) mass is 407 g/mol. The van der Waals surface area contributed by atoms with E-state index >= 15 is 0 Å². The summed E-state index contributed by atoms with van der Waals surface area (Å²) in [5, 5.41) is 11.7. The molecule has 0 aliphatic carbocycles. The predicted molar refractivity (Wildman–Crippen MR) is 110 cm³/mol. The Kier molecular flexibility index (Phi) is 6.36. The highest BCUT2D eigenvalue weighted by atomic mass is 16.6. The van der Waals surface area contributed by atoms with Crippen LogP contribution in [0.25, 0.3) is 11.3 Å². The fourth-order valence-corrected chi connectivity index (χ4v) is 3.25. The van der Waals surface area contributed by atoms with Crippen LogP contribution in [0.1, 0.15) is 39.2 Å². The molecule has 3 rings (SSSR count). The third-order valence-corrected chi connectivity index (χ3v) is 4.61. The van der Waals surface area contributed by atoms with Crippen molar-refractivity contribution in [1.29, 1.82) is 5.26 Å². The van der Waals surface area contributed by atoms with Gasteiger partial charge in [-0.3, -0.25) is 14.6 Å². The van der Waals surface area contributed by atoms with Crippen LogP contribution in [0, 0.1) is 17.2 Å². The number of esters is 1. The molecule has 2 atom stereocenters. The van der Waals surface area contributed by atoms with Crippen LogP contribution < -0.4 is 10.1 Å². The highest BCUT2D eigenvalue weighted by Gasteiger charge is 2.35. The Balaban J connectivity index is 1.50. The number of carbonyl (C=O) groups is 2. The molecule has 156 valence electrons. The average molecular weight is 407 g/mol. The zero-order chi connectivity index (χ0) is 21.7. The average Bonchev–Trinajstić information content (AvgIpc) is 3.04. The molecule has 30 heavy (non-hydrogen) atoms. The molecule has 1 aromatic heterocycles. The Labute approximate surface area is 176 Å². The first-order valence-electron chi connectivity index (χ1n) is 9.85. The van der Waals surface area contributed by atoms with Crippen molar-refractivity contribution in [3.63, 3.8) is 0 Å². The van der Waals surface area contributed by atoms with Crippen LogP contribution in [0.4, 0.5) is 0 Å². The molecule has 0 spiro atoms. The number of nitrogens with one attached hydrogen (secondary N) is 1. The van der Waals surface area contributed by atoms with Crippen LogP contribution in [0.3, 0.4) is 0 Å². The van der Waals surface area contributed by atoms with Crippen LogP contribution in [0.2, 0.25) is 0 Å². The lowest BCUT2D eigenvalue weighted by Crippen LogP contribution is -2.31. The molecule has 1 amide bonds. The first-order chi connectivity index (χ1) is 14.2. The minimum Gasteiger partial charge on any atom is -0.491 e. The number of hydrogen-bond acceptors (Lipinski definition) is 6. The van der Waals surface area contributed by atoms with Gasteiger partial charge >= 0.3 is 5.97 Å². The molecule has 1 N–H and O–H groups in total. The number of nitriles is 1. The van der Waals surface area contributed by atoms with Gasteiger partial charge in [-0.05, 0) is 63.6 Å². The van der Waals surface area contributed by atoms with E-state index < -0.39 is 11.5 Å². The van der Waals surface area contributed by atoms with Gasteiger partial charge in [0.15, 0.2) is 0 Å². The molecule has 2 aromatic rings. The molecule has 1 saturated heterocycles. The fraction of sp³-hybridized carbons (Fsp3) is 0.391. The Morgan fingerprint density at radius 1 is 1.23 bits per heavy atom. The molecule has 7 heteroatoms. The van der Waals surface area contributed by atoms with Crippen LogP contribution in [-0.4, -0.2) is 35.1 Å². The summed E-state index contributed by atoms with van der Waals surface area (Å²) in [4.78, 5) is 28.4. The lowest BCUT2D eigenvalue weighted by molar-refractivity contribution is -0.156. The number of amides is 1. The van der Waals surface area contributed by atoms with E-state index in [4.69, 9.17) is 14.7 Å². The minimum absolute atomic E-state index is 0.0753. The lowest BCUT2D eigenvalue weighted by atomic mass is 10.0. The van der Waals surface area contributed by atoms with Gasteiger partial charge in [-0.1, -0.05) is 0 Å². The zero-order valence-corrected chi connectivity index (χ0v) is 17.3. The van der Waals surface area contributed by atoms with E-state index in [0.717, 1.165) is 11.3 Å². The Morgan fingerprint density at radius 2 is 1.97 bits per heavy atom. The molecule has 1 fully saturated rings. The van der Waals surface area contributed by atoms with Gasteiger partial charge in [-0.25, -0.2) is 0 Å². The number of nitrogens with zero attached hydrogens (tertiary/aromatic N) is 2. The van der Waals surface area contributed by atoms with Gasteiger partial charge in [0.1, 0.15) is 24.0 Å². The second-order valence-electron chi connectivity index (χ2n) is 8.31. The maximum atomic E-state index is 12.1. The lowest BCUT2D eigenvalue weighted by Gasteiger charge is -2.20. The van der Waals surface area contributed by atoms with E-state index in [-0.39, 0.29) is 24.3 Å². The van der Waals surface area contributed by atoms with Crippen LogP contribution >= 0.6 is 0 Å². The van der Waals surface area contributed by atoms with Crippen molar-refractivity contribution in [2.45, 2.75) is 45.3 Å². The van der Waals surface area contributed by atoms with E-state index in [2.05, 4.69) is 10.3 Å². The fourth-order valence-electron chi connectivity index (χ4n) is 3.25. The number of ether oxygens (including phenoxy) is 2. The summed E-state index contributed by atoms with van der Waals surface area (Å²) < 4.78 is 11.1. The highest BCUT2D eigenvalue weighted by molar-refractivity contribution is 5.85. The molecule has 0 radical (unpaired) electrons. The summed E-state index contributed by atoms with van der Waals surface area (Å²) in [6.45, 7) is 5.74. The SMILES string of the molecule is CC(C)(C)OC(=O)C[C@@H]1C[C@@H](COc2ccc(-c3ccc(C#N)cn3)cc2)NC1=O. The van der Waals surface area contributed by atoms with Crippen LogP contribution in [-0.2, 0) is 14.3 Å². The normalized spacial score (nSPS) is 18.4. The Bertz CT molecular complexity index is 940. The van der Waals surface area contributed by atoms with Crippen molar-refractivity contribution in [1.82, 2.24) is 10.3 Å². The van der Waals surface area contributed by atoms with E-state index in [1.165, 1.54) is 6.20 Å². The number of benzene rings is 1. The molecule has 1 aliphatic rings. The van der Waals surface area contributed by atoms with Crippen molar-refractivity contribution in [2.75, 3.05) is 6.61 Å². The molecular formula is C23H25N3O4. The van der Waals surface area contributed by atoms with Gasteiger partial charge in [-0.2, -0.15) is 5.26 Å². The number of carbonyl (C=O) groups excluding carboxylic acids is 2. The third kappa shape index (κ3) is 5.80. The quantitative estimate of drug-likeness (QED) is 0.738. The predicted octanol–water partition coefficient (Wildman–Crippen LogP) is 3.24. The van der Waals surface area contributed by atoms with E-state index in [1.807, 2.05) is 30.3 Å². The molecule has 1 aromatic carbocycles. The Morgan fingerprint density at radius 3 is 2.57 bits per heavy atom. The minimum atomic E-state index is -0.561. The molecule has 0 saturated carbocycles. The first-order valence-corrected chi connectivity index (χ1v) is 9.85. The smallest absolute Gasteiger partial charge is 0.307 e. The van der Waals surface area contributed by atoms with Crippen LogP contribution in [0.5, 0.6) is 5.75 Å². The van der Waals surface area contributed by atoms with Gasteiger partial charge < -0.3 is 14.8 Å². The van der Waals surface area contributed by atoms with Crippen molar-refractivity contribution in [3.8, 4) is 23.1 Å². The first kappa shape index (κ1) is 21.3. The van der Waals surface area contributed by atoms with Crippen molar-refractivity contribution >= 4 is 11.9 Å². The topological polar surface area (TPSA) is 101 Å². The van der Waals surface area contributed by atoms with Crippen molar-refractivity contribution < 1.29 is 19.1 Å². The van der Waals surface area contributed by atoms with Gasteiger partial charge in [0.25, 0.3) is 0 Å². The molecule has 1 aliphatic heterocycles. The van der Waals surface area contributed by atoms with E-state index in [1.54, 1.807) is 32.9 Å². The van der Waals surface area contributed by atoms with E-state index in [0.29, 0.717) is 24.3 Å². The van der Waals surface area contributed by atoms with Gasteiger partial charge in [0, 0.05) is 11.8 Å². The molecule has 2 heterocycles. The third-order valence-electron chi connectivity index (χ3n) is 4.61. The number of hydrogen-bond donors (Lipinski definition) is 1. The van der Waals surface area contributed by atoms with Gasteiger partial charge in [-0.15, -0.1) is 0 Å². The summed E-state index contributed by atoms with van der Waals surface area (Å²) in [6.07, 6.45) is 2.15. The summed E-state index contributed by atoms with van der Waals surface area (Å²) >= 11 is 0. The summed E-state index contributed by atoms with van der Waals surface area (Å²) in [7, 11) is 0. The standard InChI is InChI=1S/C23H25N3O4/c1-23(2,3)30-21(27)11-17-10-18(26-22(17)28)14-29-19-7-5-16(6-8-19)20-9-4-15(12-24)13-25-20/h4-9,13,17-18H,10-11,14H2,1-3H3,(H,26,28)/t17-,18-/m0/s1. The number of pyridine rings is 1. The largest absolute Gasteiger partial charge is 0.491 e. The molecule has 0 bridgehead atoms. The second kappa shape index (κ2) is 8.95. The Hall–Kier alpha value is -3.40. The maximum Gasteiger partial charge on any atom is 0.307 e. The molecule has 0 unspecified atom stereocenters. The summed E-state index contributed by atoms with van der Waals surface area (Å²) in [5.74, 6) is -0.219. The highest BCUT2D eigenvalue weighted by Crippen LogP contribution is 2.24. The zero-order valence-electron chi connectivity index (χ0n) is 17.3. The summed E-state index contributed by atoms with van der Waals surface area (Å²) in [6, 6.07) is 12.9. The molecular weight excluding hydrogens is 382 g/mol. The molecule has 7 nitrogen and oxygen atoms in total. The van der Waals surface area contributed by atoms with Gasteiger partial charge in [0.2, 0.25) is 5.91 Å². The van der Waals surface area contributed by atoms with Gasteiger partial charge in [0.05, 0.1) is 29.6 Å². The second-order valence-corrected chi connectivity index (χ2v) is 8.31. The van der Waals surface area contributed by atoms with Crippen molar-refractivity contribution in [3.05, 3.63) is 48.2 Å². The van der Waals surface area contributed by atoms with Crippen LogP contribution in [0.15, 0.2) is 42.6 Å². The number of rotatable bonds is 6. The van der Waals surface area contributed by atoms with E-state index in [9.17, 15) is 9.59 Å². The van der Waals surface area contributed by atoms with Crippen molar-refractivity contribution in [2.24, 2.45) is 5.92 Å². The number of aromatic nitrogens is 1. The maximum absolute atomic E-state index is 12.1.